The lowest BCUT2D eigenvalue weighted by molar-refractivity contribution is -0.142. The van der Waals surface area contributed by atoms with Gasteiger partial charge in [-0.2, -0.15) is 0 Å². The molecule has 2 rings (SSSR count). The fourth-order valence-corrected chi connectivity index (χ4v) is 3.15. The van der Waals surface area contributed by atoms with Crippen molar-refractivity contribution in [1.82, 2.24) is 10.2 Å². The van der Waals surface area contributed by atoms with Crippen LogP contribution < -0.4 is 5.32 Å². The third kappa shape index (κ3) is 4.25. The lowest BCUT2D eigenvalue weighted by atomic mass is 9.86. The van der Waals surface area contributed by atoms with Crippen LogP contribution in [0.4, 0.5) is 0 Å². The highest BCUT2D eigenvalue weighted by Crippen LogP contribution is 2.24. The minimum atomic E-state index is -0.609. The molecule has 0 amide bonds. The number of likely N-dealkylation sites (tertiary alicyclic amines) is 1. The Balaban J connectivity index is 1.56. The van der Waals surface area contributed by atoms with E-state index in [0.717, 1.165) is 38.8 Å². The number of hydrogen-bond acceptors (Lipinski definition) is 3. The molecule has 0 aromatic rings. The van der Waals surface area contributed by atoms with E-state index in [1.54, 1.807) is 0 Å². The summed E-state index contributed by atoms with van der Waals surface area (Å²) < 4.78 is 0. The number of aliphatic carboxylic acids is 1. The van der Waals surface area contributed by atoms with Crippen LogP contribution in [0.1, 0.15) is 44.9 Å². The van der Waals surface area contributed by atoms with Crippen LogP contribution in [0.2, 0.25) is 0 Å². The number of piperidine rings is 1. The average molecular weight is 254 g/mol. The van der Waals surface area contributed by atoms with Crippen LogP contribution in [0.25, 0.3) is 0 Å². The molecule has 2 aliphatic rings. The predicted molar refractivity (Wildman–Crippen MR) is 71.7 cm³/mol. The van der Waals surface area contributed by atoms with Gasteiger partial charge in [0.25, 0.3) is 0 Å². The molecule has 1 aliphatic carbocycles. The molecule has 1 saturated heterocycles. The predicted octanol–water partition coefficient (Wildman–Crippen LogP) is 1.71. The van der Waals surface area contributed by atoms with Crippen molar-refractivity contribution in [3.63, 3.8) is 0 Å². The van der Waals surface area contributed by atoms with Gasteiger partial charge in [0.05, 0.1) is 5.92 Å². The van der Waals surface area contributed by atoms with Gasteiger partial charge in [0, 0.05) is 19.1 Å². The summed E-state index contributed by atoms with van der Waals surface area (Å²) in [6, 6.07) is 0.547. The largest absolute Gasteiger partial charge is 0.481 e. The number of hydrogen-bond donors (Lipinski definition) is 2. The first kappa shape index (κ1) is 13.8. The first-order chi connectivity index (χ1) is 8.75. The minimum Gasteiger partial charge on any atom is -0.481 e. The Morgan fingerprint density at radius 1 is 1.11 bits per heavy atom. The molecule has 0 spiro atoms. The van der Waals surface area contributed by atoms with Crippen molar-refractivity contribution in [2.24, 2.45) is 5.92 Å². The third-order valence-electron chi connectivity index (χ3n) is 4.39. The zero-order valence-electron chi connectivity index (χ0n) is 11.2. The van der Waals surface area contributed by atoms with E-state index in [2.05, 4.69) is 10.2 Å². The van der Waals surface area contributed by atoms with Gasteiger partial charge >= 0.3 is 5.97 Å². The molecule has 2 fully saturated rings. The van der Waals surface area contributed by atoms with Crippen molar-refractivity contribution >= 4 is 5.97 Å². The van der Waals surface area contributed by atoms with Crippen molar-refractivity contribution in [1.29, 1.82) is 0 Å². The van der Waals surface area contributed by atoms with E-state index >= 15 is 0 Å². The molecule has 0 atom stereocenters. The summed E-state index contributed by atoms with van der Waals surface area (Å²) in [6.45, 7) is 4.72. The maximum absolute atomic E-state index is 10.9. The number of carboxylic acids is 1. The molecule has 104 valence electrons. The fraction of sp³-hybridized carbons (Fsp3) is 0.929. The molecule has 0 aromatic heterocycles. The van der Waals surface area contributed by atoms with Crippen LogP contribution in [0.3, 0.4) is 0 Å². The van der Waals surface area contributed by atoms with Gasteiger partial charge in [0.2, 0.25) is 0 Å². The Bertz CT molecular complexity index is 257. The van der Waals surface area contributed by atoms with E-state index in [9.17, 15) is 4.79 Å². The SMILES string of the molecule is O=C(O)C1CCC(NCCN2CCCCC2)CC1. The standard InChI is InChI=1S/C14H26N2O2/c17-14(18)12-4-6-13(7-5-12)15-8-11-16-9-2-1-3-10-16/h12-13,15H,1-11H2,(H,17,18). The summed E-state index contributed by atoms with van der Waals surface area (Å²) in [4.78, 5) is 13.4. The molecule has 1 heterocycles. The summed E-state index contributed by atoms with van der Waals surface area (Å²) in [5.74, 6) is -0.702. The number of nitrogens with zero attached hydrogens (tertiary/aromatic N) is 1. The smallest absolute Gasteiger partial charge is 0.306 e. The molecule has 2 N–H and O–H groups in total. The maximum Gasteiger partial charge on any atom is 0.306 e. The monoisotopic (exact) mass is 254 g/mol. The van der Waals surface area contributed by atoms with E-state index in [1.807, 2.05) is 0 Å². The zero-order chi connectivity index (χ0) is 12.8. The van der Waals surface area contributed by atoms with Crippen molar-refractivity contribution in [2.45, 2.75) is 51.0 Å². The van der Waals surface area contributed by atoms with Gasteiger partial charge < -0.3 is 15.3 Å². The highest BCUT2D eigenvalue weighted by atomic mass is 16.4. The lowest BCUT2D eigenvalue weighted by Gasteiger charge is -2.30. The van der Waals surface area contributed by atoms with Crippen LogP contribution >= 0.6 is 0 Å². The quantitative estimate of drug-likeness (QED) is 0.784. The summed E-state index contributed by atoms with van der Waals surface area (Å²) in [7, 11) is 0. The molecular formula is C14H26N2O2. The molecule has 1 aliphatic heterocycles. The average Bonchev–Trinajstić information content (AvgIpc) is 2.40. The van der Waals surface area contributed by atoms with E-state index in [-0.39, 0.29) is 5.92 Å². The van der Waals surface area contributed by atoms with E-state index < -0.39 is 5.97 Å². The van der Waals surface area contributed by atoms with Crippen LogP contribution in [0.15, 0.2) is 0 Å². The second kappa shape index (κ2) is 7.10. The second-order valence-electron chi connectivity index (χ2n) is 5.74. The van der Waals surface area contributed by atoms with Gasteiger partial charge in [-0.25, -0.2) is 0 Å². The van der Waals surface area contributed by atoms with Crippen molar-refractivity contribution < 1.29 is 9.90 Å². The molecule has 0 bridgehead atoms. The van der Waals surface area contributed by atoms with Crippen molar-refractivity contribution in [3.8, 4) is 0 Å². The second-order valence-corrected chi connectivity index (χ2v) is 5.74. The summed E-state index contributed by atoms with van der Waals surface area (Å²) in [6.07, 6.45) is 7.83. The Morgan fingerprint density at radius 3 is 2.39 bits per heavy atom. The van der Waals surface area contributed by atoms with Crippen LogP contribution in [0, 0.1) is 5.92 Å². The van der Waals surface area contributed by atoms with Gasteiger partial charge in [-0.1, -0.05) is 6.42 Å². The summed E-state index contributed by atoms with van der Waals surface area (Å²) >= 11 is 0. The Labute approximate surface area is 110 Å². The molecule has 1 saturated carbocycles. The normalized spacial score (nSPS) is 30.2. The van der Waals surface area contributed by atoms with Crippen LogP contribution in [0.5, 0.6) is 0 Å². The summed E-state index contributed by atoms with van der Waals surface area (Å²) in [5, 5.41) is 12.5. The first-order valence-corrected chi connectivity index (χ1v) is 7.44. The van der Waals surface area contributed by atoms with E-state index in [1.165, 1.54) is 32.4 Å². The maximum atomic E-state index is 10.9. The molecule has 0 radical (unpaired) electrons. The van der Waals surface area contributed by atoms with E-state index in [4.69, 9.17) is 5.11 Å². The van der Waals surface area contributed by atoms with Crippen molar-refractivity contribution in [3.05, 3.63) is 0 Å². The molecule has 18 heavy (non-hydrogen) atoms. The number of rotatable bonds is 5. The Morgan fingerprint density at radius 2 is 1.78 bits per heavy atom. The zero-order valence-corrected chi connectivity index (χ0v) is 11.2. The van der Waals surface area contributed by atoms with Gasteiger partial charge in [-0.05, 0) is 51.6 Å². The molecule has 4 heteroatoms. The summed E-state index contributed by atoms with van der Waals surface area (Å²) in [5.41, 5.74) is 0. The van der Waals surface area contributed by atoms with Gasteiger partial charge in [-0.15, -0.1) is 0 Å². The van der Waals surface area contributed by atoms with Crippen molar-refractivity contribution in [2.75, 3.05) is 26.2 Å². The minimum absolute atomic E-state index is 0.0925. The molecular weight excluding hydrogens is 228 g/mol. The van der Waals surface area contributed by atoms with Gasteiger partial charge in [0.15, 0.2) is 0 Å². The third-order valence-corrected chi connectivity index (χ3v) is 4.39. The Kier molecular flexibility index (Phi) is 5.45. The number of carboxylic acid groups (broad SMARTS) is 1. The van der Waals surface area contributed by atoms with E-state index in [0.29, 0.717) is 6.04 Å². The highest BCUT2D eigenvalue weighted by molar-refractivity contribution is 5.70. The number of nitrogens with one attached hydrogen (secondary N) is 1. The number of carbonyl (C=O) groups is 1. The molecule has 4 nitrogen and oxygen atoms in total. The highest BCUT2D eigenvalue weighted by Gasteiger charge is 2.25. The fourth-order valence-electron chi connectivity index (χ4n) is 3.15. The van der Waals surface area contributed by atoms with Gasteiger partial charge in [0.1, 0.15) is 0 Å². The van der Waals surface area contributed by atoms with Gasteiger partial charge in [-0.3, -0.25) is 4.79 Å². The van der Waals surface area contributed by atoms with Crippen LogP contribution in [-0.4, -0.2) is 48.2 Å². The topological polar surface area (TPSA) is 52.6 Å². The van der Waals surface area contributed by atoms with Crippen LogP contribution in [-0.2, 0) is 4.79 Å². The lowest BCUT2D eigenvalue weighted by Crippen LogP contribution is -2.41. The molecule has 0 aromatic carbocycles. The molecule has 0 unspecified atom stereocenters. The first-order valence-electron chi connectivity index (χ1n) is 7.44. The Hall–Kier alpha value is -0.610.